The third-order valence-corrected chi connectivity index (χ3v) is 1.59. The predicted molar refractivity (Wildman–Crippen MR) is 35.9 cm³/mol. The molecule has 0 saturated carbocycles. The maximum atomic E-state index is 11.3. The fourth-order valence-electron chi connectivity index (χ4n) is 0.913. The number of hydrogen-bond donors (Lipinski definition) is 0. The van der Waals surface area contributed by atoms with Crippen LogP contribution in [0, 0.1) is 5.21 Å². The Morgan fingerprint density at radius 1 is 1.78 bits per heavy atom. The van der Waals surface area contributed by atoms with Crippen molar-refractivity contribution in [1.29, 1.82) is 0 Å². The second-order valence-corrected chi connectivity index (χ2v) is 2.47. The van der Waals surface area contributed by atoms with Gasteiger partial charge in [-0.05, 0) is 6.92 Å². The second kappa shape index (κ2) is 2.01. The molecule has 52 valence electrons. The lowest BCUT2D eigenvalue weighted by Gasteiger charge is -2.34. The van der Waals surface area contributed by atoms with Crippen molar-refractivity contribution in [2.75, 3.05) is 20.3 Å². The van der Waals surface area contributed by atoms with Gasteiger partial charge in [-0.2, -0.15) is 0 Å². The summed E-state index contributed by atoms with van der Waals surface area (Å²) in [4.78, 5) is 1.90. The Labute approximate surface area is 55.3 Å². The fraction of sp³-hybridized carbons (Fsp3) is 0.667. The van der Waals surface area contributed by atoms with Crippen LogP contribution in [-0.4, -0.2) is 29.8 Å². The monoisotopic (exact) mass is 128 g/mol. The van der Waals surface area contributed by atoms with Gasteiger partial charge in [-0.3, -0.25) is 0 Å². The summed E-state index contributed by atoms with van der Waals surface area (Å²) in [6, 6.07) is 0. The molecule has 0 fully saturated rings. The van der Waals surface area contributed by atoms with Gasteiger partial charge in [0.25, 0.3) is 0 Å². The van der Waals surface area contributed by atoms with E-state index >= 15 is 0 Å². The highest BCUT2D eigenvalue weighted by atomic mass is 16.5. The van der Waals surface area contributed by atoms with Gasteiger partial charge in [0.15, 0.2) is 6.67 Å². The van der Waals surface area contributed by atoms with E-state index in [1.165, 1.54) is 0 Å². The number of hydroxylamine groups is 3. The summed E-state index contributed by atoms with van der Waals surface area (Å²) < 4.78 is -0.198. The SMILES string of the molecule is CC[N+]1([O-])C=CN(C)C1. The quantitative estimate of drug-likeness (QED) is 0.383. The van der Waals surface area contributed by atoms with E-state index in [0.29, 0.717) is 13.2 Å². The number of rotatable bonds is 1. The minimum absolute atomic E-state index is 0.198. The Morgan fingerprint density at radius 3 is 2.67 bits per heavy atom. The molecule has 0 radical (unpaired) electrons. The van der Waals surface area contributed by atoms with Gasteiger partial charge in [0.1, 0.15) is 6.20 Å². The lowest BCUT2D eigenvalue weighted by molar-refractivity contribution is -0.828. The molecule has 3 heteroatoms. The van der Waals surface area contributed by atoms with Crippen molar-refractivity contribution in [3.05, 3.63) is 17.6 Å². The Balaban J connectivity index is 2.57. The zero-order valence-corrected chi connectivity index (χ0v) is 5.87. The third-order valence-electron chi connectivity index (χ3n) is 1.59. The Hall–Kier alpha value is -0.540. The molecule has 1 aliphatic heterocycles. The van der Waals surface area contributed by atoms with Gasteiger partial charge in [0, 0.05) is 7.05 Å². The summed E-state index contributed by atoms with van der Waals surface area (Å²) in [5.41, 5.74) is 0. The van der Waals surface area contributed by atoms with Crippen LogP contribution < -0.4 is 0 Å². The second-order valence-electron chi connectivity index (χ2n) is 2.47. The first kappa shape index (κ1) is 6.58. The normalized spacial score (nSPS) is 33.9. The molecule has 0 spiro atoms. The summed E-state index contributed by atoms with van der Waals surface area (Å²) in [6.07, 6.45) is 3.51. The maximum Gasteiger partial charge on any atom is 0.158 e. The van der Waals surface area contributed by atoms with Crippen molar-refractivity contribution in [2.45, 2.75) is 6.92 Å². The first-order valence-corrected chi connectivity index (χ1v) is 3.14. The molecule has 1 rings (SSSR count). The average molecular weight is 128 g/mol. The number of nitrogens with zero attached hydrogens (tertiary/aromatic N) is 2. The zero-order chi connectivity index (χ0) is 6.91. The lowest BCUT2D eigenvalue weighted by Crippen LogP contribution is -2.37. The van der Waals surface area contributed by atoms with E-state index in [0.717, 1.165) is 0 Å². The zero-order valence-electron chi connectivity index (χ0n) is 5.87. The summed E-state index contributed by atoms with van der Waals surface area (Å²) in [7, 11) is 1.91. The molecule has 0 N–H and O–H groups in total. The molecule has 0 aliphatic carbocycles. The van der Waals surface area contributed by atoms with Crippen LogP contribution in [0.15, 0.2) is 12.4 Å². The first-order valence-electron chi connectivity index (χ1n) is 3.14. The molecule has 3 nitrogen and oxygen atoms in total. The Bertz CT molecular complexity index is 135. The van der Waals surface area contributed by atoms with E-state index in [1.807, 2.05) is 25.1 Å². The average Bonchev–Trinajstić information content (AvgIpc) is 2.13. The van der Waals surface area contributed by atoms with Crippen LogP contribution in [0.4, 0.5) is 0 Å². The number of quaternary nitrogens is 1. The minimum Gasteiger partial charge on any atom is -0.626 e. The first-order chi connectivity index (χ1) is 4.16. The van der Waals surface area contributed by atoms with Gasteiger partial charge in [-0.1, -0.05) is 0 Å². The van der Waals surface area contributed by atoms with Crippen molar-refractivity contribution in [2.24, 2.45) is 0 Å². The van der Waals surface area contributed by atoms with Gasteiger partial charge < -0.3 is 14.8 Å². The molecule has 0 saturated heterocycles. The molecule has 0 bridgehead atoms. The van der Waals surface area contributed by atoms with Crippen LogP contribution in [0.1, 0.15) is 6.92 Å². The topological polar surface area (TPSA) is 26.3 Å². The highest BCUT2D eigenvalue weighted by molar-refractivity contribution is 4.79. The molecular weight excluding hydrogens is 116 g/mol. The van der Waals surface area contributed by atoms with E-state index in [2.05, 4.69) is 0 Å². The van der Waals surface area contributed by atoms with Crippen LogP contribution in [0.25, 0.3) is 0 Å². The molecule has 1 heterocycles. The lowest BCUT2D eigenvalue weighted by atomic mass is 10.6. The highest BCUT2D eigenvalue weighted by Gasteiger charge is 2.17. The number of hydrogen-bond acceptors (Lipinski definition) is 2. The molecule has 0 aromatic rings. The molecule has 0 aromatic carbocycles. The van der Waals surface area contributed by atoms with E-state index in [1.54, 1.807) is 6.20 Å². The fourth-order valence-corrected chi connectivity index (χ4v) is 0.913. The molecule has 0 aromatic heterocycles. The molecule has 9 heavy (non-hydrogen) atoms. The van der Waals surface area contributed by atoms with Crippen molar-refractivity contribution < 1.29 is 4.65 Å². The summed E-state index contributed by atoms with van der Waals surface area (Å²) in [5, 5.41) is 11.3. The van der Waals surface area contributed by atoms with Gasteiger partial charge in [0.2, 0.25) is 0 Å². The van der Waals surface area contributed by atoms with Gasteiger partial charge in [-0.25, -0.2) is 0 Å². The molecule has 0 amide bonds. The van der Waals surface area contributed by atoms with Crippen LogP contribution in [0.2, 0.25) is 0 Å². The molecule has 1 aliphatic rings. The largest absolute Gasteiger partial charge is 0.626 e. The van der Waals surface area contributed by atoms with E-state index in [-0.39, 0.29) is 4.65 Å². The van der Waals surface area contributed by atoms with E-state index in [4.69, 9.17) is 0 Å². The van der Waals surface area contributed by atoms with Crippen LogP contribution in [0.5, 0.6) is 0 Å². The standard InChI is InChI=1S/C6H12N2O/c1-3-8(9)5-4-7(2)6-8/h4-5H,3,6H2,1-2H3. The summed E-state index contributed by atoms with van der Waals surface area (Å²) in [6.45, 7) is 3.09. The van der Waals surface area contributed by atoms with Gasteiger partial charge in [0.05, 0.1) is 12.7 Å². The van der Waals surface area contributed by atoms with Gasteiger partial charge >= 0.3 is 0 Å². The molecule has 1 unspecified atom stereocenters. The highest BCUT2D eigenvalue weighted by Crippen LogP contribution is 2.12. The van der Waals surface area contributed by atoms with Crippen molar-refractivity contribution in [1.82, 2.24) is 4.90 Å². The molecular formula is C6H12N2O. The Morgan fingerprint density at radius 2 is 2.44 bits per heavy atom. The smallest absolute Gasteiger partial charge is 0.158 e. The van der Waals surface area contributed by atoms with E-state index in [9.17, 15) is 5.21 Å². The third kappa shape index (κ3) is 1.23. The van der Waals surface area contributed by atoms with Crippen LogP contribution in [0.3, 0.4) is 0 Å². The Kier molecular flexibility index (Phi) is 1.47. The summed E-state index contributed by atoms with van der Waals surface area (Å²) >= 11 is 0. The van der Waals surface area contributed by atoms with Crippen LogP contribution in [-0.2, 0) is 0 Å². The maximum absolute atomic E-state index is 11.3. The van der Waals surface area contributed by atoms with Crippen molar-refractivity contribution in [3.63, 3.8) is 0 Å². The minimum atomic E-state index is -0.198. The molecule has 1 atom stereocenters. The van der Waals surface area contributed by atoms with Crippen molar-refractivity contribution >= 4 is 0 Å². The van der Waals surface area contributed by atoms with Crippen LogP contribution >= 0.6 is 0 Å². The van der Waals surface area contributed by atoms with Crippen molar-refractivity contribution in [3.8, 4) is 0 Å². The van der Waals surface area contributed by atoms with E-state index < -0.39 is 0 Å². The summed E-state index contributed by atoms with van der Waals surface area (Å²) in [5.74, 6) is 0. The predicted octanol–water partition coefficient (Wildman–Crippen LogP) is 0.695. The van der Waals surface area contributed by atoms with Gasteiger partial charge in [-0.15, -0.1) is 0 Å².